The van der Waals surface area contributed by atoms with Gasteiger partial charge in [0.05, 0.1) is 16.2 Å². The molecule has 0 heterocycles. The van der Waals surface area contributed by atoms with Gasteiger partial charge in [-0.1, -0.05) is 38.1 Å². The predicted molar refractivity (Wildman–Crippen MR) is 124 cm³/mol. The molecule has 0 unspecified atom stereocenters. The minimum atomic E-state index is -3.90. The lowest BCUT2D eigenvalue weighted by atomic mass is 9.86. The number of carbonyl (C=O) groups is 1. The van der Waals surface area contributed by atoms with Crippen LogP contribution in [0.2, 0.25) is 0 Å². The van der Waals surface area contributed by atoms with Crippen LogP contribution < -0.4 is 0 Å². The summed E-state index contributed by atoms with van der Waals surface area (Å²) in [6, 6.07) is 7.06. The summed E-state index contributed by atoms with van der Waals surface area (Å²) in [5, 5.41) is 9.83. The Morgan fingerprint density at radius 2 is 1.84 bits per heavy atom. The number of benzene rings is 2. The van der Waals surface area contributed by atoms with Crippen molar-refractivity contribution in [3.8, 4) is 0 Å². The first kappa shape index (κ1) is 24.1. The number of aromatic carboxylic acids is 1. The Hall–Kier alpha value is -2.51. The second-order valence-corrected chi connectivity index (χ2v) is 10.0. The van der Waals surface area contributed by atoms with Crippen molar-refractivity contribution in [1.82, 2.24) is 4.90 Å². The fourth-order valence-corrected chi connectivity index (χ4v) is 5.86. The molecule has 0 atom stereocenters. The van der Waals surface area contributed by atoms with E-state index in [-0.39, 0.29) is 21.6 Å². The van der Waals surface area contributed by atoms with Crippen molar-refractivity contribution in [2.75, 3.05) is 19.6 Å². The zero-order chi connectivity index (χ0) is 23.3. The Morgan fingerprint density at radius 3 is 2.53 bits per heavy atom. The predicted octanol–water partition coefficient (Wildman–Crippen LogP) is 4.73. The minimum absolute atomic E-state index is 0.00348. The highest BCUT2D eigenvalue weighted by Crippen LogP contribution is 2.30. The quantitative estimate of drug-likeness (QED) is 0.549. The fraction of sp³-hybridized carbons (Fsp3) is 0.400. The molecule has 0 aromatic heterocycles. The van der Waals surface area contributed by atoms with E-state index in [0.29, 0.717) is 13.0 Å². The van der Waals surface area contributed by atoms with Crippen LogP contribution in [0.1, 0.15) is 59.3 Å². The molecule has 0 saturated heterocycles. The Balaban J connectivity index is 1.98. The van der Waals surface area contributed by atoms with Crippen molar-refractivity contribution >= 4 is 21.9 Å². The van der Waals surface area contributed by atoms with Gasteiger partial charge in [-0.2, -0.15) is 0 Å². The number of carboxylic acids is 1. The number of hydrogen-bond acceptors (Lipinski definition) is 4. The van der Waals surface area contributed by atoms with Gasteiger partial charge >= 0.3 is 5.97 Å². The van der Waals surface area contributed by atoms with Crippen molar-refractivity contribution in [1.29, 1.82) is 0 Å². The molecular formula is C25H30FNO4S. The monoisotopic (exact) mass is 459 g/mol. The van der Waals surface area contributed by atoms with E-state index in [4.69, 9.17) is 0 Å². The molecule has 32 heavy (non-hydrogen) atoms. The Bertz CT molecular complexity index is 1120. The van der Waals surface area contributed by atoms with Gasteiger partial charge in [0, 0.05) is 6.54 Å². The van der Waals surface area contributed by atoms with Gasteiger partial charge in [-0.15, -0.1) is 0 Å². The van der Waals surface area contributed by atoms with E-state index >= 15 is 0 Å². The highest BCUT2D eigenvalue weighted by atomic mass is 32.2. The third-order valence-electron chi connectivity index (χ3n) is 6.04. The van der Waals surface area contributed by atoms with Crippen LogP contribution in [0.25, 0.3) is 6.08 Å². The Labute approximate surface area is 189 Å². The van der Waals surface area contributed by atoms with E-state index in [2.05, 4.69) is 4.90 Å². The SMILES string of the molecule is CCN(CC)C/C=C\c1cc(F)ccc1S(=O)(=O)Cc1ccc2c(c1C(=O)O)CCCC2. The highest BCUT2D eigenvalue weighted by Gasteiger charge is 2.26. The zero-order valence-electron chi connectivity index (χ0n) is 18.6. The summed E-state index contributed by atoms with van der Waals surface area (Å²) in [4.78, 5) is 14.2. The minimum Gasteiger partial charge on any atom is -0.478 e. The molecule has 0 radical (unpaired) electrons. The second kappa shape index (κ2) is 10.4. The molecule has 3 rings (SSSR count). The lowest BCUT2D eigenvalue weighted by Crippen LogP contribution is -2.22. The molecule has 7 heteroatoms. The molecule has 1 aliphatic rings. The molecule has 1 aliphatic carbocycles. The number of likely N-dealkylation sites (N-methyl/N-ethyl adjacent to an activating group) is 1. The second-order valence-electron chi connectivity index (χ2n) is 8.08. The summed E-state index contributed by atoms with van der Waals surface area (Å²) in [5.41, 5.74) is 2.38. The van der Waals surface area contributed by atoms with Crippen molar-refractivity contribution < 1.29 is 22.7 Å². The van der Waals surface area contributed by atoms with Gasteiger partial charge < -0.3 is 10.0 Å². The van der Waals surface area contributed by atoms with E-state index in [9.17, 15) is 22.7 Å². The molecule has 0 spiro atoms. The molecule has 0 amide bonds. The summed E-state index contributed by atoms with van der Waals surface area (Å²) in [5.74, 6) is -2.07. The van der Waals surface area contributed by atoms with Crippen molar-refractivity contribution in [2.24, 2.45) is 0 Å². The molecule has 0 aliphatic heterocycles. The van der Waals surface area contributed by atoms with Crippen LogP contribution >= 0.6 is 0 Å². The van der Waals surface area contributed by atoms with E-state index in [1.54, 1.807) is 12.1 Å². The van der Waals surface area contributed by atoms with Crippen LogP contribution in [0.3, 0.4) is 0 Å². The molecular weight excluding hydrogens is 429 g/mol. The van der Waals surface area contributed by atoms with Crippen LogP contribution in [0.15, 0.2) is 41.3 Å². The number of fused-ring (bicyclic) bond motifs is 1. The first-order chi connectivity index (χ1) is 15.3. The normalized spacial score (nSPS) is 14.1. The van der Waals surface area contributed by atoms with Gasteiger partial charge in [-0.25, -0.2) is 17.6 Å². The number of rotatable bonds is 9. The van der Waals surface area contributed by atoms with Crippen molar-refractivity contribution in [3.05, 3.63) is 70.0 Å². The van der Waals surface area contributed by atoms with Gasteiger partial charge in [-0.05, 0) is 79.2 Å². The Morgan fingerprint density at radius 1 is 1.12 bits per heavy atom. The molecule has 0 bridgehead atoms. The number of aryl methyl sites for hydroxylation is 1. The van der Waals surface area contributed by atoms with E-state index in [0.717, 1.165) is 49.5 Å². The maximum absolute atomic E-state index is 13.9. The van der Waals surface area contributed by atoms with Gasteiger partial charge in [0.1, 0.15) is 5.82 Å². The van der Waals surface area contributed by atoms with Crippen LogP contribution in [-0.2, 0) is 28.4 Å². The maximum Gasteiger partial charge on any atom is 0.336 e. The lowest BCUT2D eigenvalue weighted by Gasteiger charge is -2.20. The van der Waals surface area contributed by atoms with E-state index in [1.807, 2.05) is 26.0 Å². The topological polar surface area (TPSA) is 74.7 Å². The van der Waals surface area contributed by atoms with E-state index in [1.165, 1.54) is 12.1 Å². The van der Waals surface area contributed by atoms with Gasteiger partial charge in [0.15, 0.2) is 9.84 Å². The standard InChI is InChI=1S/C25H30FNO4S/c1-3-27(4-2)15-7-9-19-16-21(26)13-14-23(19)32(30,31)17-20-12-11-18-8-5-6-10-22(18)24(20)25(28)29/h7,9,11-14,16H,3-6,8,10,15,17H2,1-2H3,(H,28,29)/b9-7-. The number of carboxylic acid groups (broad SMARTS) is 1. The lowest BCUT2D eigenvalue weighted by molar-refractivity contribution is 0.0694. The summed E-state index contributed by atoms with van der Waals surface area (Å²) in [7, 11) is -3.90. The van der Waals surface area contributed by atoms with Crippen molar-refractivity contribution in [3.63, 3.8) is 0 Å². The number of sulfone groups is 1. The molecule has 2 aromatic carbocycles. The zero-order valence-corrected chi connectivity index (χ0v) is 19.4. The third kappa shape index (κ3) is 5.45. The van der Waals surface area contributed by atoms with Crippen LogP contribution in [0.4, 0.5) is 4.39 Å². The first-order valence-corrected chi connectivity index (χ1v) is 12.7. The summed E-state index contributed by atoms with van der Waals surface area (Å²) in [6.07, 6.45) is 6.79. The molecule has 0 saturated carbocycles. The average Bonchev–Trinajstić information content (AvgIpc) is 2.76. The highest BCUT2D eigenvalue weighted by molar-refractivity contribution is 7.90. The van der Waals surface area contributed by atoms with Crippen LogP contribution in [-0.4, -0.2) is 44.0 Å². The largest absolute Gasteiger partial charge is 0.478 e. The first-order valence-electron chi connectivity index (χ1n) is 11.0. The maximum atomic E-state index is 13.9. The fourth-order valence-electron chi connectivity index (χ4n) is 4.29. The van der Waals surface area contributed by atoms with Gasteiger partial charge in [-0.3, -0.25) is 0 Å². The van der Waals surface area contributed by atoms with E-state index < -0.39 is 27.4 Å². The third-order valence-corrected chi connectivity index (χ3v) is 7.77. The molecule has 0 fully saturated rings. The molecule has 2 aromatic rings. The summed E-state index contributed by atoms with van der Waals surface area (Å²) in [6.45, 7) is 6.40. The Kier molecular flexibility index (Phi) is 7.85. The number of nitrogens with zero attached hydrogens (tertiary/aromatic N) is 1. The van der Waals surface area contributed by atoms with Gasteiger partial charge in [0.2, 0.25) is 0 Å². The number of halogens is 1. The molecule has 5 nitrogen and oxygen atoms in total. The molecule has 172 valence electrons. The number of hydrogen-bond donors (Lipinski definition) is 1. The van der Waals surface area contributed by atoms with Crippen molar-refractivity contribution in [2.45, 2.75) is 50.2 Å². The van der Waals surface area contributed by atoms with Crippen LogP contribution in [0.5, 0.6) is 0 Å². The molecule has 1 N–H and O–H groups in total. The van der Waals surface area contributed by atoms with Gasteiger partial charge in [0.25, 0.3) is 0 Å². The summed E-state index contributed by atoms with van der Waals surface area (Å²) >= 11 is 0. The smallest absolute Gasteiger partial charge is 0.336 e. The summed E-state index contributed by atoms with van der Waals surface area (Å²) < 4.78 is 40.6. The average molecular weight is 460 g/mol. The van der Waals surface area contributed by atoms with Crippen LogP contribution in [0, 0.1) is 5.82 Å².